The summed E-state index contributed by atoms with van der Waals surface area (Å²) in [5.41, 5.74) is 0. The van der Waals surface area contributed by atoms with Gasteiger partial charge in [0.05, 0.1) is 0 Å². The van der Waals surface area contributed by atoms with Crippen LogP contribution in [0.2, 0.25) is 0 Å². The minimum Gasteiger partial charge on any atom is -0.315 e. The molecule has 114 valence electrons. The fourth-order valence-corrected chi connectivity index (χ4v) is 3.74. The number of likely N-dealkylation sites (N-methyl/N-ethyl adjacent to an activating group) is 2. The first kappa shape index (κ1) is 16.0. The summed E-state index contributed by atoms with van der Waals surface area (Å²) in [4.78, 5) is 6.59. The van der Waals surface area contributed by atoms with Gasteiger partial charge in [-0.3, -0.25) is 4.90 Å². The minimum atomic E-state index is 0.788. The van der Waals surface area contributed by atoms with Crippen molar-refractivity contribution < 1.29 is 0 Å². The molecule has 0 aliphatic carbocycles. The van der Waals surface area contributed by atoms with Crippen LogP contribution >= 0.6 is 11.3 Å². The van der Waals surface area contributed by atoms with Crippen LogP contribution in [0.3, 0.4) is 0 Å². The Labute approximate surface area is 128 Å². The van der Waals surface area contributed by atoms with E-state index in [1.807, 2.05) is 11.3 Å². The lowest BCUT2D eigenvalue weighted by molar-refractivity contribution is 0.199. The lowest BCUT2D eigenvalue weighted by Crippen LogP contribution is -2.41. The van der Waals surface area contributed by atoms with Crippen LogP contribution in [0.25, 0.3) is 0 Å². The summed E-state index contributed by atoms with van der Waals surface area (Å²) in [6.45, 7) is 9.36. The van der Waals surface area contributed by atoms with Gasteiger partial charge in [-0.2, -0.15) is 0 Å². The van der Waals surface area contributed by atoms with Crippen molar-refractivity contribution in [1.29, 1.82) is 0 Å². The molecule has 1 aliphatic heterocycles. The van der Waals surface area contributed by atoms with E-state index in [2.05, 4.69) is 46.6 Å². The maximum absolute atomic E-state index is 3.56. The Morgan fingerprint density at radius 2 is 2.35 bits per heavy atom. The summed E-state index contributed by atoms with van der Waals surface area (Å²) in [5.74, 6) is 0. The molecule has 1 saturated heterocycles. The van der Waals surface area contributed by atoms with Gasteiger partial charge in [-0.15, -0.1) is 11.3 Å². The number of hydrogen-bond acceptors (Lipinski definition) is 4. The largest absolute Gasteiger partial charge is 0.315 e. The molecule has 1 N–H and O–H groups in total. The molecule has 1 aromatic rings. The molecule has 1 fully saturated rings. The summed E-state index contributed by atoms with van der Waals surface area (Å²) < 4.78 is 0. The molecular weight excluding hydrogens is 266 g/mol. The van der Waals surface area contributed by atoms with Crippen molar-refractivity contribution in [3.05, 3.63) is 22.4 Å². The van der Waals surface area contributed by atoms with E-state index >= 15 is 0 Å². The normalized spacial score (nSPS) is 20.1. The van der Waals surface area contributed by atoms with Crippen molar-refractivity contribution in [1.82, 2.24) is 15.1 Å². The van der Waals surface area contributed by atoms with Crippen molar-refractivity contribution >= 4 is 11.3 Å². The Hall–Kier alpha value is -0.420. The molecule has 1 atom stereocenters. The van der Waals surface area contributed by atoms with Gasteiger partial charge in [0.15, 0.2) is 0 Å². The van der Waals surface area contributed by atoms with Crippen LogP contribution in [0.1, 0.15) is 24.6 Å². The van der Waals surface area contributed by atoms with Gasteiger partial charge in [0, 0.05) is 37.1 Å². The van der Waals surface area contributed by atoms with Gasteiger partial charge in [0.25, 0.3) is 0 Å². The van der Waals surface area contributed by atoms with Crippen molar-refractivity contribution in [2.45, 2.75) is 32.2 Å². The molecule has 1 aliphatic rings. The molecule has 0 bridgehead atoms. The number of likely N-dealkylation sites (tertiary alicyclic amines) is 1. The monoisotopic (exact) mass is 295 g/mol. The van der Waals surface area contributed by atoms with Crippen LogP contribution < -0.4 is 5.32 Å². The van der Waals surface area contributed by atoms with E-state index in [1.165, 1.54) is 37.4 Å². The molecule has 1 unspecified atom stereocenters. The number of rotatable bonds is 9. The third-order valence-electron chi connectivity index (χ3n) is 4.23. The molecule has 20 heavy (non-hydrogen) atoms. The highest BCUT2D eigenvalue weighted by Gasteiger charge is 2.23. The minimum absolute atomic E-state index is 0.788. The first-order valence-corrected chi connectivity index (χ1v) is 8.83. The van der Waals surface area contributed by atoms with Gasteiger partial charge in [0.1, 0.15) is 0 Å². The summed E-state index contributed by atoms with van der Waals surface area (Å²) >= 11 is 1.86. The highest BCUT2D eigenvalue weighted by Crippen LogP contribution is 2.16. The predicted molar refractivity (Wildman–Crippen MR) is 88.7 cm³/mol. The van der Waals surface area contributed by atoms with Crippen molar-refractivity contribution in [2.24, 2.45) is 0 Å². The van der Waals surface area contributed by atoms with E-state index in [9.17, 15) is 0 Å². The SMILES string of the molecule is CCN1CCCC1CN(C)CCNCCc1cccs1. The highest BCUT2D eigenvalue weighted by molar-refractivity contribution is 7.09. The average Bonchev–Trinajstić information content (AvgIpc) is 3.09. The van der Waals surface area contributed by atoms with E-state index < -0.39 is 0 Å². The molecule has 0 radical (unpaired) electrons. The lowest BCUT2D eigenvalue weighted by Gasteiger charge is -2.27. The molecule has 2 rings (SSSR count). The second kappa shape index (κ2) is 8.78. The van der Waals surface area contributed by atoms with Crippen LogP contribution in [0, 0.1) is 0 Å². The van der Waals surface area contributed by atoms with Gasteiger partial charge in [-0.1, -0.05) is 13.0 Å². The summed E-state index contributed by atoms with van der Waals surface area (Å²) in [7, 11) is 2.26. The van der Waals surface area contributed by atoms with Crippen LogP contribution in [-0.4, -0.2) is 62.2 Å². The molecule has 4 heteroatoms. The fourth-order valence-electron chi connectivity index (χ4n) is 3.03. The van der Waals surface area contributed by atoms with Crippen molar-refractivity contribution in [2.75, 3.05) is 46.3 Å². The van der Waals surface area contributed by atoms with Gasteiger partial charge in [0.2, 0.25) is 0 Å². The Balaban J connectivity index is 1.52. The van der Waals surface area contributed by atoms with Gasteiger partial charge >= 0.3 is 0 Å². The predicted octanol–water partition coefficient (Wildman–Crippen LogP) is 2.30. The summed E-state index contributed by atoms with van der Waals surface area (Å²) in [6.07, 6.45) is 3.92. The zero-order valence-corrected chi connectivity index (χ0v) is 13.8. The maximum atomic E-state index is 3.56. The van der Waals surface area contributed by atoms with E-state index in [-0.39, 0.29) is 0 Å². The van der Waals surface area contributed by atoms with E-state index in [1.54, 1.807) is 0 Å². The zero-order valence-electron chi connectivity index (χ0n) is 13.0. The number of thiophene rings is 1. The molecule has 0 saturated carbocycles. The molecule has 3 nitrogen and oxygen atoms in total. The Bertz CT molecular complexity index is 353. The number of nitrogens with zero attached hydrogens (tertiary/aromatic N) is 2. The summed E-state index contributed by atoms with van der Waals surface area (Å²) in [6, 6.07) is 5.14. The van der Waals surface area contributed by atoms with E-state index in [0.717, 1.165) is 32.1 Å². The molecule has 0 spiro atoms. The third kappa shape index (κ3) is 5.17. The van der Waals surface area contributed by atoms with Crippen LogP contribution in [0.15, 0.2) is 17.5 Å². The Morgan fingerprint density at radius 3 is 3.10 bits per heavy atom. The average molecular weight is 295 g/mol. The smallest absolute Gasteiger partial charge is 0.0223 e. The fraction of sp³-hybridized carbons (Fsp3) is 0.750. The first-order valence-electron chi connectivity index (χ1n) is 7.95. The third-order valence-corrected chi connectivity index (χ3v) is 5.16. The zero-order chi connectivity index (χ0) is 14.2. The second-order valence-electron chi connectivity index (χ2n) is 5.77. The number of hydrogen-bond donors (Lipinski definition) is 1. The van der Waals surface area contributed by atoms with Gasteiger partial charge < -0.3 is 10.2 Å². The molecule has 0 amide bonds. The summed E-state index contributed by atoms with van der Waals surface area (Å²) in [5, 5.41) is 5.71. The Kier molecular flexibility index (Phi) is 7.00. The van der Waals surface area contributed by atoms with Crippen molar-refractivity contribution in [3.63, 3.8) is 0 Å². The number of nitrogens with one attached hydrogen (secondary N) is 1. The molecule has 0 aromatic carbocycles. The van der Waals surface area contributed by atoms with Gasteiger partial charge in [-0.25, -0.2) is 0 Å². The first-order chi connectivity index (χ1) is 9.79. The molecule has 2 heterocycles. The standard InChI is InChI=1S/C16H29N3S/c1-3-19-11-4-6-15(19)14-18(2)12-10-17-9-8-16-7-5-13-20-16/h5,7,13,15,17H,3-4,6,8-12,14H2,1-2H3. The molecule has 1 aromatic heterocycles. The second-order valence-corrected chi connectivity index (χ2v) is 6.80. The van der Waals surface area contributed by atoms with E-state index in [4.69, 9.17) is 0 Å². The van der Waals surface area contributed by atoms with Crippen LogP contribution in [0.5, 0.6) is 0 Å². The van der Waals surface area contributed by atoms with E-state index in [0.29, 0.717) is 0 Å². The molecular formula is C16H29N3S. The highest BCUT2D eigenvalue weighted by atomic mass is 32.1. The lowest BCUT2D eigenvalue weighted by atomic mass is 10.2. The van der Waals surface area contributed by atoms with Crippen molar-refractivity contribution in [3.8, 4) is 0 Å². The maximum Gasteiger partial charge on any atom is 0.0223 e. The topological polar surface area (TPSA) is 18.5 Å². The quantitative estimate of drug-likeness (QED) is 0.705. The van der Waals surface area contributed by atoms with Crippen LogP contribution in [0.4, 0.5) is 0 Å². The Morgan fingerprint density at radius 1 is 1.45 bits per heavy atom. The van der Waals surface area contributed by atoms with Gasteiger partial charge in [-0.05, 0) is 50.8 Å². The van der Waals surface area contributed by atoms with Crippen LogP contribution in [-0.2, 0) is 6.42 Å².